The van der Waals surface area contributed by atoms with Crippen molar-refractivity contribution in [1.29, 1.82) is 5.26 Å². The number of hydrogen-bond donors (Lipinski definition) is 1. The molecule has 0 amide bonds. The number of thiophene rings is 1. The van der Waals surface area contributed by atoms with E-state index in [-0.39, 0.29) is 0 Å². The van der Waals surface area contributed by atoms with Crippen molar-refractivity contribution < 1.29 is 0 Å². The molecule has 2 aromatic rings. The van der Waals surface area contributed by atoms with E-state index in [1.807, 2.05) is 25.1 Å². The number of benzene rings is 1. The highest BCUT2D eigenvalue weighted by atomic mass is 32.1. The molecule has 0 saturated heterocycles. The Labute approximate surface area is 106 Å². The number of rotatable bonds is 3. The molecular formula is C14H14N2S. The van der Waals surface area contributed by atoms with E-state index in [0.29, 0.717) is 11.6 Å². The van der Waals surface area contributed by atoms with E-state index in [1.54, 1.807) is 11.3 Å². The van der Waals surface area contributed by atoms with E-state index in [4.69, 9.17) is 5.26 Å². The summed E-state index contributed by atoms with van der Waals surface area (Å²) >= 11 is 1.75. The van der Waals surface area contributed by atoms with Crippen molar-refractivity contribution in [1.82, 2.24) is 0 Å². The zero-order valence-electron chi connectivity index (χ0n) is 9.90. The van der Waals surface area contributed by atoms with Crippen LogP contribution in [0.1, 0.15) is 29.0 Å². The maximum Gasteiger partial charge on any atom is 0.0991 e. The van der Waals surface area contributed by atoms with Gasteiger partial charge in [0.25, 0.3) is 0 Å². The summed E-state index contributed by atoms with van der Waals surface area (Å²) in [6, 6.07) is 12.3. The fraction of sp³-hybridized carbons (Fsp3) is 0.214. The summed E-state index contributed by atoms with van der Waals surface area (Å²) in [7, 11) is 0. The monoisotopic (exact) mass is 242 g/mol. The number of nitriles is 1. The smallest absolute Gasteiger partial charge is 0.0991 e. The summed E-state index contributed by atoms with van der Waals surface area (Å²) in [6.07, 6.45) is 0. The molecule has 1 N–H and O–H groups in total. The van der Waals surface area contributed by atoms with Crippen molar-refractivity contribution in [2.45, 2.75) is 19.9 Å². The van der Waals surface area contributed by atoms with Crippen LogP contribution in [0.25, 0.3) is 0 Å². The molecule has 17 heavy (non-hydrogen) atoms. The van der Waals surface area contributed by atoms with Gasteiger partial charge in [-0.25, -0.2) is 0 Å². The first-order valence-electron chi connectivity index (χ1n) is 5.51. The molecule has 86 valence electrons. The van der Waals surface area contributed by atoms with Crippen LogP contribution in [0, 0.1) is 18.3 Å². The summed E-state index contributed by atoms with van der Waals surface area (Å²) in [5.74, 6) is 0. The molecule has 0 spiro atoms. The minimum absolute atomic E-state index is 0.293. The third-order valence-corrected chi connectivity index (χ3v) is 3.75. The van der Waals surface area contributed by atoms with Crippen molar-refractivity contribution in [3.8, 4) is 6.07 Å². The first-order chi connectivity index (χ1) is 8.20. The second kappa shape index (κ2) is 5.03. The van der Waals surface area contributed by atoms with Crippen LogP contribution >= 0.6 is 11.3 Å². The van der Waals surface area contributed by atoms with Gasteiger partial charge < -0.3 is 5.32 Å². The summed E-state index contributed by atoms with van der Waals surface area (Å²) in [4.78, 5) is 1.31. The Morgan fingerprint density at radius 3 is 2.76 bits per heavy atom. The fourth-order valence-electron chi connectivity index (χ4n) is 1.74. The zero-order valence-corrected chi connectivity index (χ0v) is 10.7. The molecule has 0 radical (unpaired) electrons. The predicted octanol–water partition coefficient (Wildman–Crippen LogP) is 4.10. The lowest BCUT2D eigenvalue weighted by molar-refractivity contribution is 0.905. The lowest BCUT2D eigenvalue weighted by Gasteiger charge is -2.15. The van der Waals surface area contributed by atoms with Crippen LogP contribution < -0.4 is 5.32 Å². The maximum absolute atomic E-state index is 8.82. The number of anilines is 1. The highest BCUT2D eigenvalue weighted by Gasteiger charge is 2.07. The van der Waals surface area contributed by atoms with E-state index in [9.17, 15) is 0 Å². The summed E-state index contributed by atoms with van der Waals surface area (Å²) in [5.41, 5.74) is 2.90. The van der Waals surface area contributed by atoms with Crippen LogP contribution in [-0.4, -0.2) is 0 Å². The van der Waals surface area contributed by atoms with Gasteiger partial charge in [-0.15, -0.1) is 11.3 Å². The molecule has 2 rings (SSSR count). The van der Waals surface area contributed by atoms with Crippen LogP contribution in [0.5, 0.6) is 0 Å². The highest BCUT2D eigenvalue weighted by Crippen LogP contribution is 2.25. The van der Waals surface area contributed by atoms with Gasteiger partial charge in [0.05, 0.1) is 17.7 Å². The minimum atomic E-state index is 0.293. The Bertz CT molecular complexity index is 538. The lowest BCUT2D eigenvalue weighted by atomic mass is 10.1. The average Bonchev–Trinajstić information content (AvgIpc) is 2.85. The van der Waals surface area contributed by atoms with Gasteiger partial charge >= 0.3 is 0 Å². The van der Waals surface area contributed by atoms with Gasteiger partial charge in [0.2, 0.25) is 0 Å². The lowest BCUT2D eigenvalue weighted by Crippen LogP contribution is -2.06. The topological polar surface area (TPSA) is 35.8 Å². The zero-order chi connectivity index (χ0) is 12.3. The molecule has 0 aliphatic carbocycles. The molecule has 3 heteroatoms. The van der Waals surface area contributed by atoms with E-state index in [0.717, 1.165) is 11.3 Å². The molecule has 0 aliphatic rings. The van der Waals surface area contributed by atoms with Crippen LogP contribution in [0.2, 0.25) is 0 Å². The molecule has 0 saturated carbocycles. The van der Waals surface area contributed by atoms with E-state index in [1.165, 1.54) is 4.88 Å². The quantitative estimate of drug-likeness (QED) is 0.879. The van der Waals surface area contributed by atoms with Crippen molar-refractivity contribution in [3.05, 3.63) is 51.7 Å². The Kier molecular flexibility index (Phi) is 3.46. The maximum atomic E-state index is 8.82. The SMILES string of the molecule is Cc1cc(C#N)ccc1NC(C)c1cccs1. The minimum Gasteiger partial charge on any atom is -0.377 e. The molecule has 1 heterocycles. The molecular weight excluding hydrogens is 228 g/mol. The van der Waals surface area contributed by atoms with Gasteiger partial charge in [0.15, 0.2) is 0 Å². The van der Waals surface area contributed by atoms with Gasteiger partial charge in [0, 0.05) is 10.6 Å². The Hall–Kier alpha value is -1.79. The fourth-order valence-corrected chi connectivity index (χ4v) is 2.47. The number of hydrogen-bond acceptors (Lipinski definition) is 3. The average molecular weight is 242 g/mol. The second-order valence-corrected chi connectivity index (χ2v) is 5.00. The normalized spacial score (nSPS) is 11.8. The molecule has 1 aromatic carbocycles. The molecule has 0 bridgehead atoms. The first-order valence-corrected chi connectivity index (χ1v) is 6.39. The van der Waals surface area contributed by atoms with Crippen molar-refractivity contribution in [2.75, 3.05) is 5.32 Å². The van der Waals surface area contributed by atoms with Crippen LogP contribution in [0.4, 0.5) is 5.69 Å². The summed E-state index contributed by atoms with van der Waals surface area (Å²) < 4.78 is 0. The highest BCUT2D eigenvalue weighted by molar-refractivity contribution is 7.10. The molecule has 0 fully saturated rings. The Morgan fingerprint density at radius 2 is 2.18 bits per heavy atom. The number of nitrogens with one attached hydrogen (secondary N) is 1. The number of nitrogens with zero attached hydrogens (tertiary/aromatic N) is 1. The van der Waals surface area contributed by atoms with Gasteiger partial charge in [0.1, 0.15) is 0 Å². The van der Waals surface area contributed by atoms with Crippen molar-refractivity contribution >= 4 is 17.0 Å². The molecule has 0 aliphatic heterocycles. The Balaban J connectivity index is 2.17. The van der Waals surface area contributed by atoms with E-state index < -0.39 is 0 Å². The van der Waals surface area contributed by atoms with E-state index >= 15 is 0 Å². The van der Waals surface area contributed by atoms with Crippen LogP contribution in [0.15, 0.2) is 35.7 Å². The third-order valence-electron chi connectivity index (χ3n) is 2.70. The third kappa shape index (κ3) is 2.66. The first kappa shape index (κ1) is 11.7. The molecule has 1 unspecified atom stereocenters. The van der Waals surface area contributed by atoms with Gasteiger partial charge in [-0.1, -0.05) is 6.07 Å². The van der Waals surface area contributed by atoms with E-state index in [2.05, 4.69) is 35.8 Å². The Morgan fingerprint density at radius 1 is 1.35 bits per heavy atom. The van der Waals surface area contributed by atoms with Crippen LogP contribution in [-0.2, 0) is 0 Å². The molecule has 1 atom stereocenters. The number of aryl methyl sites for hydroxylation is 1. The van der Waals surface area contributed by atoms with Crippen molar-refractivity contribution in [2.24, 2.45) is 0 Å². The van der Waals surface area contributed by atoms with Crippen molar-refractivity contribution in [3.63, 3.8) is 0 Å². The molecule has 1 aromatic heterocycles. The summed E-state index contributed by atoms with van der Waals surface area (Å²) in [5, 5.41) is 14.4. The van der Waals surface area contributed by atoms with Gasteiger partial charge in [-0.05, 0) is 49.1 Å². The largest absolute Gasteiger partial charge is 0.377 e. The predicted molar refractivity (Wildman–Crippen MR) is 72.3 cm³/mol. The summed E-state index contributed by atoms with van der Waals surface area (Å²) in [6.45, 7) is 4.16. The molecule has 2 nitrogen and oxygen atoms in total. The second-order valence-electron chi connectivity index (χ2n) is 4.02. The van der Waals surface area contributed by atoms with Gasteiger partial charge in [-0.3, -0.25) is 0 Å². The standard InChI is InChI=1S/C14H14N2S/c1-10-8-12(9-15)5-6-13(10)16-11(2)14-4-3-7-17-14/h3-8,11,16H,1-2H3. The van der Waals surface area contributed by atoms with Crippen LogP contribution in [0.3, 0.4) is 0 Å². The van der Waals surface area contributed by atoms with Gasteiger partial charge in [-0.2, -0.15) is 5.26 Å².